The van der Waals surface area contributed by atoms with Gasteiger partial charge in [-0.15, -0.1) is 6.58 Å². The minimum Gasteiger partial charge on any atom is -0.444 e. The summed E-state index contributed by atoms with van der Waals surface area (Å²) in [6.07, 6.45) is 2.90. The van der Waals surface area contributed by atoms with Crippen molar-refractivity contribution in [3.05, 3.63) is 48.0 Å². The number of nitrogens with one attached hydrogen (secondary N) is 4. The molecule has 0 bridgehead atoms. The molecule has 2 heterocycles. The molecule has 0 aromatic heterocycles. The Hall–Kier alpha value is -4.51. The highest BCUT2D eigenvalue weighted by Crippen LogP contribution is 2.29. The number of benzene rings is 1. The predicted molar refractivity (Wildman–Crippen MR) is 216 cm³/mol. The molecule has 0 radical (unpaired) electrons. The molecule has 0 saturated carbocycles. The van der Waals surface area contributed by atoms with Crippen LogP contribution in [0.4, 0.5) is 9.59 Å². The third-order valence-electron chi connectivity index (χ3n) is 10.4. The van der Waals surface area contributed by atoms with Gasteiger partial charge in [-0.25, -0.2) is 22.3 Å². The molecular formula is C40H63N7O9S. The number of hydrogen-bond acceptors (Lipinski definition) is 9. The summed E-state index contributed by atoms with van der Waals surface area (Å²) in [6.45, 7) is 16.8. The number of likely N-dealkylation sites (N-methyl/N-ethyl adjacent to an activating group) is 1. The summed E-state index contributed by atoms with van der Waals surface area (Å²) in [6, 6.07) is 2.79. The molecular weight excluding hydrogens is 755 g/mol. The van der Waals surface area contributed by atoms with Crippen LogP contribution in [0.15, 0.2) is 36.9 Å². The van der Waals surface area contributed by atoms with Crippen LogP contribution in [0.2, 0.25) is 0 Å². The molecule has 3 rings (SSSR count). The number of carbonyl (C=O) groups excluding carboxylic acids is 6. The molecule has 0 aliphatic carbocycles. The van der Waals surface area contributed by atoms with Gasteiger partial charge in [0.25, 0.3) is 5.91 Å². The van der Waals surface area contributed by atoms with Crippen molar-refractivity contribution in [2.75, 3.05) is 39.5 Å². The fourth-order valence-electron chi connectivity index (χ4n) is 6.67. The Morgan fingerprint density at radius 3 is 2.23 bits per heavy atom. The molecule has 1 saturated heterocycles. The highest BCUT2D eigenvalue weighted by atomic mass is 32.2. The number of hydrogen-bond donors (Lipinski definition) is 4. The second-order valence-electron chi connectivity index (χ2n) is 17.1. The molecule has 2 aliphatic rings. The van der Waals surface area contributed by atoms with Crippen LogP contribution in [0.5, 0.6) is 0 Å². The van der Waals surface area contributed by atoms with Gasteiger partial charge in [-0.3, -0.25) is 19.2 Å². The Morgan fingerprint density at radius 1 is 1.00 bits per heavy atom. The van der Waals surface area contributed by atoms with Gasteiger partial charge in [0.05, 0.1) is 18.8 Å². The Morgan fingerprint density at radius 2 is 1.65 bits per heavy atom. The number of rotatable bonds is 16. The van der Waals surface area contributed by atoms with E-state index >= 15 is 0 Å². The van der Waals surface area contributed by atoms with Gasteiger partial charge in [0.2, 0.25) is 27.6 Å². The molecule has 4 N–H and O–H groups in total. The van der Waals surface area contributed by atoms with Gasteiger partial charge >= 0.3 is 12.1 Å². The van der Waals surface area contributed by atoms with E-state index in [-0.39, 0.29) is 32.5 Å². The van der Waals surface area contributed by atoms with Gasteiger partial charge in [0.15, 0.2) is 0 Å². The predicted octanol–water partition coefficient (Wildman–Crippen LogP) is 2.72. The van der Waals surface area contributed by atoms with Gasteiger partial charge in [-0.1, -0.05) is 91.6 Å². The van der Waals surface area contributed by atoms with Gasteiger partial charge in [0, 0.05) is 45.7 Å². The van der Waals surface area contributed by atoms with Crippen LogP contribution in [0.25, 0.3) is 0 Å². The van der Waals surface area contributed by atoms with E-state index < -0.39 is 86.8 Å². The van der Waals surface area contributed by atoms with Crippen molar-refractivity contribution in [3.63, 3.8) is 0 Å². The van der Waals surface area contributed by atoms with Crippen molar-refractivity contribution in [2.24, 2.45) is 10.8 Å². The van der Waals surface area contributed by atoms with E-state index in [1.54, 1.807) is 25.7 Å². The molecule has 5 atom stereocenters. The van der Waals surface area contributed by atoms with Crippen molar-refractivity contribution in [1.82, 2.24) is 35.4 Å². The van der Waals surface area contributed by atoms with Gasteiger partial charge in [-0.2, -0.15) is 0 Å². The van der Waals surface area contributed by atoms with Gasteiger partial charge < -0.3 is 35.8 Å². The number of urea groups is 1. The number of unbranched alkanes of at least 4 members (excludes halogenated alkanes) is 1. The maximum Gasteiger partial charge on any atom is 0.410 e. The standard InChI is InChI=1S/C40H63N7O9S/c1-11-13-18-29(32(48)35(50)41-20-12-2)42-34(49)30-22-28(56-38(53)46-21-19-26-16-14-15-17-27(26)23-46)24-47(30)36(51)33(40(6,7)8)44-37(52)43-31(39(3,4)5)25-45(9)57(10,54)55/h12,14-17,28-31,33H,2,11,13,18-25H2,1,3-10H3,(H,41,50)(H,42,49)(H2,43,44,52)/t28?,29?,30?,31-,33-/m1/s1. The van der Waals surface area contributed by atoms with Crippen molar-refractivity contribution in [1.29, 1.82) is 0 Å². The number of carbonyl (C=O) groups is 6. The number of Topliss-reactive ketones (excluding diaryl/α,β-unsaturated/α-hetero) is 1. The van der Waals surface area contributed by atoms with Crippen LogP contribution < -0.4 is 21.3 Å². The first kappa shape index (κ1) is 46.9. The molecule has 318 valence electrons. The van der Waals surface area contributed by atoms with Crippen molar-refractivity contribution >= 4 is 45.7 Å². The summed E-state index contributed by atoms with van der Waals surface area (Å²) in [4.78, 5) is 84.7. The number of ketones is 1. The zero-order valence-corrected chi connectivity index (χ0v) is 35.8. The molecule has 1 aromatic carbocycles. The largest absolute Gasteiger partial charge is 0.444 e. The van der Waals surface area contributed by atoms with E-state index in [0.717, 1.165) is 21.7 Å². The fourth-order valence-corrected chi connectivity index (χ4v) is 7.09. The first-order valence-electron chi connectivity index (χ1n) is 19.5. The monoisotopic (exact) mass is 817 g/mol. The number of nitrogens with zero attached hydrogens (tertiary/aromatic N) is 3. The van der Waals surface area contributed by atoms with E-state index in [4.69, 9.17) is 4.74 Å². The van der Waals surface area contributed by atoms with Crippen molar-refractivity contribution < 1.29 is 41.9 Å². The van der Waals surface area contributed by atoms with E-state index in [0.29, 0.717) is 32.4 Å². The number of likely N-dealkylation sites (tertiary alicyclic amines) is 1. The smallest absolute Gasteiger partial charge is 0.410 e. The van der Waals surface area contributed by atoms with Crippen LogP contribution in [-0.4, -0.2) is 128 Å². The zero-order valence-electron chi connectivity index (χ0n) is 35.0. The average molecular weight is 818 g/mol. The number of amides is 6. The maximum atomic E-state index is 14.6. The summed E-state index contributed by atoms with van der Waals surface area (Å²) in [5, 5.41) is 10.8. The minimum atomic E-state index is -3.57. The van der Waals surface area contributed by atoms with Crippen LogP contribution >= 0.6 is 0 Å². The maximum absolute atomic E-state index is 14.6. The van der Waals surface area contributed by atoms with Gasteiger partial charge in [-0.05, 0) is 34.8 Å². The topological polar surface area (TPSA) is 204 Å². The molecule has 17 heteroatoms. The van der Waals surface area contributed by atoms with E-state index in [1.807, 2.05) is 52.0 Å². The second kappa shape index (κ2) is 19.8. The molecule has 57 heavy (non-hydrogen) atoms. The van der Waals surface area contributed by atoms with Crippen LogP contribution in [-0.2, 0) is 46.9 Å². The Bertz CT molecular complexity index is 1760. The highest BCUT2D eigenvalue weighted by Gasteiger charge is 2.47. The normalized spacial score (nSPS) is 18.8. The quantitative estimate of drug-likeness (QED) is 0.143. The first-order chi connectivity index (χ1) is 26.5. The SMILES string of the molecule is C=CCNC(=O)C(=O)C(CCCC)NC(=O)C1CC(OC(=O)N2CCc3ccccc3C2)CN1C(=O)[C@@H](NC(=O)N[C@H](CN(C)S(C)(=O)=O)C(C)(C)C)C(C)(C)C. The highest BCUT2D eigenvalue weighted by molar-refractivity contribution is 7.88. The third-order valence-corrected chi connectivity index (χ3v) is 11.6. The summed E-state index contributed by atoms with van der Waals surface area (Å²) >= 11 is 0. The molecule has 2 aliphatic heterocycles. The summed E-state index contributed by atoms with van der Waals surface area (Å²) in [7, 11) is -2.15. The molecule has 1 aromatic rings. The summed E-state index contributed by atoms with van der Waals surface area (Å²) < 4.78 is 31.5. The Labute approximate surface area is 337 Å². The van der Waals surface area contributed by atoms with E-state index in [2.05, 4.69) is 27.8 Å². The second-order valence-corrected chi connectivity index (χ2v) is 19.2. The first-order valence-corrected chi connectivity index (χ1v) is 21.4. The lowest BCUT2D eigenvalue weighted by Gasteiger charge is -2.37. The van der Waals surface area contributed by atoms with E-state index in [9.17, 15) is 37.2 Å². The molecule has 1 fully saturated rings. The third kappa shape index (κ3) is 13.3. The minimum absolute atomic E-state index is 0.0303. The lowest BCUT2D eigenvalue weighted by molar-refractivity contribution is -0.143. The zero-order chi connectivity index (χ0) is 42.9. The van der Waals surface area contributed by atoms with Crippen LogP contribution in [0.1, 0.15) is 85.3 Å². The van der Waals surface area contributed by atoms with Gasteiger partial charge in [0.1, 0.15) is 18.2 Å². The lowest BCUT2D eigenvalue weighted by Crippen LogP contribution is -2.62. The van der Waals surface area contributed by atoms with Crippen molar-refractivity contribution in [3.8, 4) is 0 Å². The Balaban J connectivity index is 1.92. The molecule has 0 spiro atoms. The van der Waals surface area contributed by atoms with E-state index in [1.165, 1.54) is 18.0 Å². The number of ether oxygens (including phenoxy) is 1. The molecule has 16 nitrogen and oxygen atoms in total. The fraction of sp³-hybridized carbons (Fsp3) is 0.650. The average Bonchev–Trinajstić information content (AvgIpc) is 3.55. The number of fused-ring (bicyclic) bond motifs is 1. The van der Waals surface area contributed by atoms with Crippen LogP contribution in [0, 0.1) is 10.8 Å². The number of sulfonamides is 1. The molecule has 6 amide bonds. The molecule has 3 unspecified atom stereocenters. The summed E-state index contributed by atoms with van der Waals surface area (Å²) in [5.41, 5.74) is 0.643. The van der Waals surface area contributed by atoms with Crippen molar-refractivity contribution in [2.45, 2.75) is 117 Å². The van der Waals surface area contributed by atoms with Crippen LogP contribution in [0.3, 0.4) is 0 Å². The lowest BCUT2D eigenvalue weighted by atomic mass is 9.85. The summed E-state index contributed by atoms with van der Waals surface area (Å²) in [5.74, 6) is -3.08. The Kier molecular flexibility index (Phi) is 16.3.